The minimum absolute atomic E-state index is 0. The summed E-state index contributed by atoms with van der Waals surface area (Å²) in [5.41, 5.74) is 1.46. The lowest BCUT2D eigenvalue weighted by molar-refractivity contribution is 0.233. The van der Waals surface area contributed by atoms with E-state index >= 15 is 0 Å². The first-order valence-electron chi connectivity index (χ1n) is 6.99. The van der Waals surface area contributed by atoms with Crippen LogP contribution in [0.2, 0.25) is 0 Å². The van der Waals surface area contributed by atoms with Gasteiger partial charge in [-0.05, 0) is 56.5 Å². The number of rotatable bonds is 4. The molecule has 2 nitrogen and oxygen atoms in total. The third-order valence-corrected chi connectivity index (χ3v) is 4.03. The van der Waals surface area contributed by atoms with Gasteiger partial charge < -0.3 is 9.64 Å². The van der Waals surface area contributed by atoms with Gasteiger partial charge in [0.2, 0.25) is 0 Å². The lowest BCUT2D eigenvalue weighted by Gasteiger charge is -2.34. The summed E-state index contributed by atoms with van der Waals surface area (Å²) in [6.45, 7) is 1.20. The number of ether oxygens (including phenoxy) is 1. The molecule has 0 heterocycles. The minimum Gasteiger partial charge on any atom is -0.497 e. The number of halogens is 1. The molecule has 2 atom stereocenters. The van der Waals surface area contributed by atoms with Crippen molar-refractivity contribution in [2.24, 2.45) is 5.92 Å². The Kier molecular flexibility index (Phi) is 6.67. The van der Waals surface area contributed by atoms with Gasteiger partial charge in [-0.1, -0.05) is 25.0 Å². The fraction of sp³-hybridized carbons (Fsp3) is 0.625. The van der Waals surface area contributed by atoms with E-state index in [0.717, 1.165) is 11.7 Å². The maximum atomic E-state index is 5.35. The summed E-state index contributed by atoms with van der Waals surface area (Å²) in [5.74, 6) is 2.48. The minimum atomic E-state index is 0. The van der Waals surface area contributed by atoms with Crippen molar-refractivity contribution in [1.82, 2.24) is 4.90 Å². The first-order valence-corrected chi connectivity index (χ1v) is 6.99. The Morgan fingerprint density at radius 1 is 1.21 bits per heavy atom. The third kappa shape index (κ3) is 4.39. The Labute approximate surface area is 123 Å². The van der Waals surface area contributed by atoms with Gasteiger partial charge in [-0.2, -0.15) is 0 Å². The van der Waals surface area contributed by atoms with Gasteiger partial charge in [-0.3, -0.25) is 0 Å². The summed E-state index contributed by atoms with van der Waals surface area (Å²) in [5, 5.41) is 0. The highest BCUT2D eigenvalue weighted by molar-refractivity contribution is 5.85. The fourth-order valence-corrected chi connectivity index (χ4v) is 3.21. The van der Waals surface area contributed by atoms with Crippen LogP contribution in [-0.4, -0.2) is 32.6 Å². The molecule has 1 aliphatic carbocycles. The Hall–Kier alpha value is -0.730. The summed E-state index contributed by atoms with van der Waals surface area (Å²) >= 11 is 0. The zero-order chi connectivity index (χ0) is 13.0. The topological polar surface area (TPSA) is 12.5 Å². The van der Waals surface area contributed by atoms with E-state index in [9.17, 15) is 0 Å². The molecular formula is C16H26ClNO. The number of nitrogens with zero attached hydrogens (tertiary/aromatic N) is 1. The molecule has 0 spiro atoms. The van der Waals surface area contributed by atoms with Gasteiger partial charge in [-0.15, -0.1) is 12.4 Å². The maximum absolute atomic E-state index is 5.35. The van der Waals surface area contributed by atoms with Crippen molar-refractivity contribution in [3.8, 4) is 5.75 Å². The van der Waals surface area contributed by atoms with Crippen LogP contribution >= 0.6 is 12.4 Å². The quantitative estimate of drug-likeness (QED) is 0.829. The molecule has 1 aromatic rings. The highest BCUT2D eigenvalue weighted by atomic mass is 35.5. The second-order valence-electron chi connectivity index (χ2n) is 5.69. The average Bonchev–Trinajstić information content (AvgIpc) is 2.39. The number of hydrogen-bond donors (Lipinski definition) is 0. The zero-order valence-corrected chi connectivity index (χ0v) is 13.1. The average molecular weight is 284 g/mol. The Morgan fingerprint density at radius 2 is 1.95 bits per heavy atom. The van der Waals surface area contributed by atoms with E-state index < -0.39 is 0 Å². The lowest BCUT2D eigenvalue weighted by Crippen LogP contribution is -2.28. The van der Waals surface area contributed by atoms with Crippen LogP contribution in [0.15, 0.2) is 24.3 Å². The molecule has 0 aliphatic heterocycles. The molecule has 0 saturated heterocycles. The van der Waals surface area contributed by atoms with E-state index in [-0.39, 0.29) is 12.4 Å². The van der Waals surface area contributed by atoms with E-state index in [1.54, 1.807) is 7.11 Å². The van der Waals surface area contributed by atoms with Gasteiger partial charge in [0.15, 0.2) is 0 Å². The molecule has 1 aliphatic rings. The van der Waals surface area contributed by atoms with Crippen LogP contribution < -0.4 is 4.74 Å². The molecule has 0 aromatic heterocycles. The second-order valence-corrected chi connectivity index (χ2v) is 5.69. The Balaban J connectivity index is 0.00000180. The van der Waals surface area contributed by atoms with Crippen molar-refractivity contribution in [2.75, 3.05) is 27.7 Å². The molecular weight excluding hydrogens is 258 g/mol. The van der Waals surface area contributed by atoms with Crippen LogP contribution in [-0.2, 0) is 0 Å². The van der Waals surface area contributed by atoms with Crippen molar-refractivity contribution in [1.29, 1.82) is 0 Å². The lowest BCUT2D eigenvalue weighted by atomic mass is 9.75. The zero-order valence-electron chi connectivity index (χ0n) is 12.3. The molecule has 108 valence electrons. The number of methoxy groups -OCH3 is 1. The Bertz CT molecular complexity index is 381. The van der Waals surface area contributed by atoms with Crippen molar-refractivity contribution >= 4 is 12.4 Å². The van der Waals surface area contributed by atoms with Crippen molar-refractivity contribution in [3.63, 3.8) is 0 Å². The summed E-state index contributed by atoms with van der Waals surface area (Å²) in [6.07, 6.45) is 5.44. The predicted molar refractivity (Wildman–Crippen MR) is 83.5 cm³/mol. The highest BCUT2D eigenvalue weighted by Gasteiger charge is 2.26. The van der Waals surface area contributed by atoms with Crippen LogP contribution in [0.4, 0.5) is 0 Å². The van der Waals surface area contributed by atoms with Gasteiger partial charge >= 0.3 is 0 Å². The van der Waals surface area contributed by atoms with Crippen molar-refractivity contribution in [3.05, 3.63) is 29.8 Å². The van der Waals surface area contributed by atoms with Gasteiger partial charge in [0.25, 0.3) is 0 Å². The first kappa shape index (κ1) is 16.3. The summed E-state index contributed by atoms with van der Waals surface area (Å²) in [4.78, 5) is 2.32. The van der Waals surface area contributed by atoms with Crippen molar-refractivity contribution in [2.45, 2.75) is 31.6 Å². The van der Waals surface area contributed by atoms with E-state index in [0.29, 0.717) is 5.92 Å². The summed E-state index contributed by atoms with van der Waals surface area (Å²) in [6, 6.07) is 8.64. The van der Waals surface area contributed by atoms with Crippen LogP contribution in [0.3, 0.4) is 0 Å². The smallest absolute Gasteiger partial charge is 0.119 e. The Morgan fingerprint density at radius 3 is 2.63 bits per heavy atom. The molecule has 2 unspecified atom stereocenters. The van der Waals surface area contributed by atoms with E-state index in [2.05, 4.69) is 37.2 Å². The molecule has 0 N–H and O–H groups in total. The number of hydrogen-bond acceptors (Lipinski definition) is 2. The molecule has 0 bridgehead atoms. The second kappa shape index (κ2) is 7.76. The standard InChI is InChI=1S/C16H25NO.ClH/c1-17(2)12-14-7-4-5-10-16(14)13-8-6-9-15(11-13)18-3;/h6,8-9,11,14,16H,4-5,7,10,12H2,1-3H3;1H. The van der Waals surface area contributed by atoms with Gasteiger partial charge in [-0.25, -0.2) is 0 Å². The fourth-order valence-electron chi connectivity index (χ4n) is 3.21. The molecule has 19 heavy (non-hydrogen) atoms. The predicted octanol–water partition coefficient (Wildman–Crippen LogP) is 3.95. The monoisotopic (exact) mass is 283 g/mol. The van der Waals surface area contributed by atoms with Gasteiger partial charge in [0, 0.05) is 6.54 Å². The highest BCUT2D eigenvalue weighted by Crippen LogP contribution is 2.38. The van der Waals surface area contributed by atoms with E-state index in [1.807, 2.05) is 6.07 Å². The van der Waals surface area contributed by atoms with Crippen LogP contribution in [0.5, 0.6) is 5.75 Å². The SMILES string of the molecule is COc1cccc(C2CCCCC2CN(C)C)c1.Cl. The van der Waals surface area contributed by atoms with Crippen molar-refractivity contribution < 1.29 is 4.74 Å². The third-order valence-electron chi connectivity index (χ3n) is 4.03. The molecule has 1 fully saturated rings. The van der Waals surface area contributed by atoms with Crippen LogP contribution in [0.25, 0.3) is 0 Å². The van der Waals surface area contributed by atoms with Crippen LogP contribution in [0.1, 0.15) is 37.2 Å². The normalized spacial score (nSPS) is 22.9. The first-order chi connectivity index (χ1) is 8.70. The van der Waals surface area contributed by atoms with E-state index in [1.165, 1.54) is 37.8 Å². The summed E-state index contributed by atoms with van der Waals surface area (Å²) < 4.78 is 5.35. The van der Waals surface area contributed by atoms with Gasteiger partial charge in [0.1, 0.15) is 5.75 Å². The summed E-state index contributed by atoms with van der Waals surface area (Å²) in [7, 11) is 6.10. The molecule has 0 amide bonds. The molecule has 1 aromatic carbocycles. The molecule has 0 radical (unpaired) electrons. The molecule has 3 heteroatoms. The molecule has 2 rings (SSSR count). The maximum Gasteiger partial charge on any atom is 0.119 e. The number of benzene rings is 1. The van der Waals surface area contributed by atoms with Crippen LogP contribution in [0, 0.1) is 5.92 Å². The van der Waals surface area contributed by atoms with Gasteiger partial charge in [0.05, 0.1) is 7.11 Å². The largest absolute Gasteiger partial charge is 0.497 e. The molecule has 1 saturated carbocycles. The van der Waals surface area contributed by atoms with E-state index in [4.69, 9.17) is 4.74 Å².